The molecule has 3 aromatic rings. The molecule has 2 N–H and O–H groups in total. The Hall–Kier alpha value is -2.69. The molecular weight excluding hydrogens is 316 g/mol. The Bertz CT molecular complexity index is 834. The average molecular weight is 340 g/mol. The summed E-state index contributed by atoms with van der Waals surface area (Å²) in [6.45, 7) is 4.70. The van der Waals surface area contributed by atoms with Gasteiger partial charge in [-0.2, -0.15) is 0 Å². The van der Waals surface area contributed by atoms with Crippen molar-refractivity contribution >= 4 is 16.8 Å². The molecular formula is C20H24N2O3. The van der Waals surface area contributed by atoms with Crippen molar-refractivity contribution in [2.45, 2.75) is 32.7 Å². The molecule has 2 heterocycles. The fourth-order valence-electron chi connectivity index (χ4n) is 3.13. The number of hydrogen-bond acceptors (Lipinski definition) is 3. The Balaban J connectivity index is 1.77. The van der Waals surface area contributed by atoms with Crippen molar-refractivity contribution in [3.05, 3.63) is 54.1 Å². The number of aromatic nitrogens is 1. The maximum atomic E-state index is 12.4. The van der Waals surface area contributed by atoms with Gasteiger partial charge in [-0.25, -0.2) is 0 Å². The zero-order valence-electron chi connectivity index (χ0n) is 14.8. The monoisotopic (exact) mass is 340 g/mol. The Kier molecular flexibility index (Phi) is 5.12. The van der Waals surface area contributed by atoms with Crippen LogP contribution in [0.4, 0.5) is 0 Å². The quantitative estimate of drug-likeness (QED) is 0.677. The molecule has 5 nitrogen and oxygen atoms in total. The summed E-state index contributed by atoms with van der Waals surface area (Å²) in [6, 6.07) is 9.64. The molecule has 0 fully saturated rings. The topological polar surface area (TPSA) is 67.3 Å². The fourth-order valence-corrected chi connectivity index (χ4v) is 3.13. The van der Waals surface area contributed by atoms with Crippen LogP contribution in [0.3, 0.4) is 0 Å². The minimum absolute atomic E-state index is 0.0207. The van der Waals surface area contributed by atoms with E-state index in [-0.39, 0.29) is 11.8 Å². The lowest BCUT2D eigenvalue weighted by molar-refractivity contribution is -0.121. The summed E-state index contributed by atoms with van der Waals surface area (Å²) < 4.78 is 10.6. The highest BCUT2D eigenvalue weighted by Crippen LogP contribution is 2.34. The fraction of sp³-hybridized carbons (Fsp3) is 0.350. The highest BCUT2D eigenvalue weighted by atomic mass is 16.5. The van der Waals surface area contributed by atoms with Crippen LogP contribution in [0, 0.1) is 5.92 Å². The number of H-pyrrole nitrogens is 1. The molecule has 1 unspecified atom stereocenters. The summed E-state index contributed by atoms with van der Waals surface area (Å²) >= 11 is 0. The van der Waals surface area contributed by atoms with Gasteiger partial charge in [0.25, 0.3) is 0 Å². The van der Waals surface area contributed by atoms with Crippen molar-refractivity contribution in [2.24, 2.45) is 5.92 Å². The second kappa shape index (κ2) is 7.47. The smallest absolute Gasteiger partial charge is 0.220 e. The first kappa shape index (κ1) is 17.1. The van der Waals surface area contributed by atoms with Crippen molar-refractivity contribution in [3.63, 3.8) is 0 Å². The van der Waals surface area contributed by atoms with Gasteiger partial charge in [-0.3, -0.25) is 4.79 Å². The van der Waals surface area contributed by atoms with Gasteiger partial charge in [0.2, 0.25) is 5.91 Å². The van der Waals surface area contributed by atoms with Gasteiger partial charge in [-0.1, -0.05) is 13.8 Å². The van der Waals surface area contributed by atoms with Gasteiger partial charge >= 0.3 is 0 Å². The SMILES string of the molecule is COc1ccc2[nH]cc(C(CC(=O)NCc3ccco3)C(C)C)c2c1. The van der Waals surface area contributed by atoms with Crippen LogP contribution >= 0.6 is 0 Å². The molecule has 0 spiro atoms. The minimum Gasteiger partial charge on any atom is -0.497 e. The average Bonchev–Trinajstić information content (AvgIpc) is 3.26. The van der Waals surface area contributed by atoms with Gasteiger partial charge < -0.3 is 19.5 Å². The normalized spacial score (nSPS) is 12.5. The van der Waals surface area contributed by atoms with E-state index in [0.29, 0.717) is 18.9 Å². The largest absolute Gasteiger partial charge is 0.497 e. The maximum absolute atomic E-state index is 12.4. The van der Waals surface area contributed by atoms with E-state index < -0.39 is 0 Å². The number of furan rings is 1. The van der Waals surface area contributed by atoms with Crippen molar-refractivity contribution in [2.75, 3.05) is 7.11 Å². The van der Waals surface area contributed by atoms with E-state index in [1.807, 2.05) is 36.5 Å². The van der Waals surface area contributed by atoms with Crippen molar-refractivity contribution < 1.29 is 13.9 Å². The summed E-state index contributed by atoms with van der Waals surface area (Å²) in [5, 5.41) is 4.04. The lowest BCUT2D eigenvalue weighted by atomic mass is 9.85. The van der Waals surface area contributed by atoms with Gasteiger partial charge in [0.1, 0.15) is 11.5 Å². The maximum Gasteiger partial charge on any atom is 0.220 e. The molecule has 1 amide bonds. The van der Waals surface area contributed by atoms with E-state index in [1.54, 1.807) is 13.4 Å². The number of fused-ring (bicyclic) bond motifs is 1. The molecule has 0 bridgehead atoms. The third-order valence-electron chi connectivity index (χ3n) is 4.57. The number of carbonyl (C=O) groups excluding carboxylic acids is 1. The first-order valence-electron chi connectivity index (χ1n) is 8.52. The molecule has 2 aromatic heterocycles. The van der Waals surface area contributed by atoms with Crippen LogP contribution in [-0.4, -0.2) is 18.0 Å². The number of amides is 1. The summed E-state index contributed by atoms with van der Waals surface area (Å²) in [7, 11) is 1.66. The predicted octanol–water partition coefficient (Wildman–Crippen LogP) is 4.22. The summed E-state index contributed by atoms with van der Waals surface area (Å²) in [6.07, 6.45) is 4.05. The molecule has 5 heteroatoms. The Labute approximate surface area is 147 Å². The van der Waals surface area contributed by atoms with E-state index in [0.717, 1.165) is 28.0 Å². The number of ether oxygens (including phenoxy) is 1. The number of methoxy groups -OCH3 is 1. The zero-order chi connectivity index (χ0) is 17.8. The summed E-state index contributed by atoms with van der Waals surface area (Å²) in [4.78, 5) is 15.7. The molecule has 132 valence electrons. The van der Waals surface area contributed by atoms with Crippen molar-refractivity contribution in [3.8, 4) is 5.75 Å². The van der Waals surface area contributed by atoms with Gasteiger partial charge in [0.15, 0.2) is 0 Å². The molecule has 1 aromatic carbocycles. The Morgan fingerprint density at radius 2 is 2.16 bits per heavy atom. The van der Waals surface area contributed by atoms with Crippen LogP contribution in [-0.2, 0) is 11.3 Å². The van der Waals surface area contributed by atoms with Crippen LogP contribution < -0.4 is 10.1 Å². The van der Waals surface area contributed by atoms with Gasteiger partial charge in [-0.05, 0) is 47.7 Å². The Morgan fingerprint density at radius 3 is 2.84 bits per heavy atom. The second-order valence-electron chi connectivity index (χ2n) is 6.57. The first-order chi connectivity index (χ1) is 12.1. The number of benzene rings is 1. The number of carbonyl (C=O) groups is 1. The van der Waals surface area contributed by atoms with Gasteiger partial charge in [-0.15, -0.1) is 0 Å². The zero-order valence-corrected chi connectivity index (χ0v) is 14.8. The third-order valence-corrected chi connectivity index (χ3v) is 4.57. The molecule has 0 aliphatic carbocycles. The minimum atomic E-state index is 0.0207. The number of nitrogens with one attached hydrogen (secondary N) is 2. The number of hydrogen-bond donors (Lipinski definition) is 2. The van der Waals surface area contributed by atoms with Crippen molar-refractivity contribution in [1.29, 1.82) is 0 Å². The standard InChI is InChI=1S/C20H24N2O3/c1-13(2)16(10-20(23)22-11-15-5-4-8-25-15)18-12-21-19-7-6-14(24-3)9-17(18)19/h4-9,12-13,16,21H,10-11H2,1-3H3,(H,22,23). The highest BCUT2D eigenvalue weighted by Gasteiger charge is 2.23. The molecule has 0 saturated heterocycles. The lowest BCUT2D eigenvalue weighted by Gasteiger charge is -2.20. The van der Waals surface area contributed by atoms with Crippen LogP contribution in [0.1, 0.15) is 37.5 Å². The molecule has 1 atom stereocenters. The second-order valence-corrected chi connectivity index (χ2v) is 6.57. The van der Waals surface area contributed by atoms with E-state index in [4.69, 9.17) is 9.15 Å². The molecule has 0 aliphatic rings. The molecule has 25 heavy (non-hydrogen) atoms. The highest BCUT2D eigenvalue weighted by molar-refractivity contribution is 5.86. The Morgan fingerprint density at radius 1 is 1.32 bits per heavy atom. The molecule has 3 rings (SSSR count). The lowest BCUT2D eigenvalue weighted by Crippen LogP contribution is -2.25. The van der Waals surface area contributed by atoms with E-state index in [9.17, 15) is 4.79 Å². The van der Waals surface area contributed by atoms with Gasteiger partial charge in [0, 0.05) is 23.5 Å². The third kappa shape index (κ3) is 3.87. The summed E-state index contributed by atoms with van der Waals surface area (Å²) in [5.41, 5.74) is 2.20. The van der Waals surface area contributed by atoms with Gasteiger partial charge in [0.05, 0.1) is 19.9 Å². The number of rotatable bonds is 7. The molecule has 0 saturated carbocycles. The van der Waals surface area contributed by atoms with E-state index in [1.165, 1.54) is 0 Å². The summed E-state index contributed by atoms with van der Waals surface area (Å²) in [5.74, 6) is 2.05. The van der Waals surface area contributed by atoms with Crippen molar-refractivity contribution in [1.82, 2.24) is 10.3 Å². The van der Waals surface area contributed by atoms with Crippen LogP contribution in [0.2, 0.25) is 0 Å². The predicted molar refractivity (Wildman–Crippen MR) is 97.6 cm³/mol. The molecule has 0 aliphatic heterocycles. The van der Waals surface area contributed by atoms with Crippen LogP contribution in [0.15, 0.2) is 47.2 Å². The van der Waals surface area contributed by atoms with E-state index in [2.05, 4.69) is 24.1 Å². The van der Waals surface area contributed by atoms with Crippen LogP contribution in [0.5, 0.6) is 5.75 Å². The first-order valence-corrected chi connectivity index (χ1v) is 8.52. The number of aromatic amines is 1. The van der Waals surface area contributed by atoms with Crippen LogP contribution in [0.25, 0.3) is 10.9 Å². The van der Waals surface area contributed by atoms with E-state index >= 15 is 0 Å². The molecule has 0 radical (unpaired) electrons.